The van der Waals surface area contributed by atoms with E-state index in [0.717, 1.165) is 5.56 Å². The fraction of sp³-hybridized carbons (Fsp3) is 0.389. The second-order valence-electron chi connectivity index (χ2n) is 6.24. The number of aromatic nitrogens is 2. The highest BCUT2D eigenvalue weighted by atomic mass is 35.5. The molecule has 1 aromatic carbocycles. The van der Waals surface area contributed by atoms with Crippen LogP contribution in [0.4, 0.5) is 0 Å². The normalized spacial score (nSPS) is 14.3. The van der Waals surface area contributed by atoms with Gasteiger partial charge in [0.25, 0.3) is 11.5 Å². The molecule has 0 radical (unpaired) electrons. The Hall–Kier alpha value is -2.09. The maximum atomic E-state index is 12.9. The summed E-state index contributed by atoms with van der Waals surface area (Å²) in [5, 5.41) is 4.06. The van der Waals surface area contributed by atoms with Crippen molar-refractivity contribution in [2.75, 3.05) is 33.3 Å². The number of hydrogen-bond donors (Lipinski definition) is 1. The van der Waals surface area contributed by atoms with E-state index in [1.54, 1.807) is 24.1 Å². The summed E-state index contributed by atoms with van der Waals surface area (Å²) >= 11 is 12.0. The van der Waals surface area contributed by atoms with E-state index in [4.69, 9.17) is 27.9 Å². The van der Waals surface area contributed by atoms with Crippen LogP contribution in [0.2, 0.25) is 10.0 Å². The van der Waals surface area contributed by atoms with Gasteiger partial charge in [-0.2, -0.15) is 0 Å². The van der Waals surface area contributed by atoms with Crippen molar-refractivity contribution in [1.82, 2.24) is 19.8 Å². The Bertz CT molecular complexity index is 924. The summed E-state index contributed by atoms with van der Waals surface area (Å²) in [6.07, 6.45) is 0.328. The van der Waals surface area contributed by atoms with Gasteiger partial charge in [-0.05, 0) is 17.7 Å². The SMILES string of the molecule is COc1c(C(=O)N2CCNCC2)nc(Cc2ccc(Cl)c(Cl)c2)n(C)c1=O. The first-order chi connectivity index (χ1) is 12.9. The summed E-state index contributed by atoms with van der Waals surface area (Å²) in [6, 6.07) is 5.22. The third kappa shape index (κ3) is 4.10. The number of ether oxygens (including phenoxy) is 1. The van der Waals surface area contributed by atoms with Crippen molar-refractivity contribution in [3.05, 3.63) is 55.7 Å². The number of piperazine rings is 1. The minimum atomic E-state index is -0.402. The Balaban J connectivity index is 2.01. The molecule has 0 spiro atoms. The summed E-state index contributed by atoms with van der Waals surface area (Å²) in [5.74, 6) is 0.0954. The number of nitrogens with zero attached hydrogens (tertiary/aromatic N) is 3. The number of amides is 1. The van der Waals surface area contributed by atoms with Gasteiger partial charge < -0.3 is 15.0 Å². The lowest BCUT2D eigenvalue weighted by atomic mass is 10.1. The molecule has 1 saturated heterocycles. The zero-order chi connectivity index (χ0) is 19.6. The van der Waals surface area contributed by atoms with E-state index in [1.807, 2.05) is 6.07 Å². The van der Waals surface area contributed by atoms with Crippen LogP contribution in [0.15, 0.2) is 23.0 Å². The van der Waals surface area contributed by atoms with Crippen LogP contribution in [-0.4, -0.2) is 53.6 Å². The molecule has 1 amide bonds. The molecule has 0 atom stereocenters. The quantitative estimate of drug-likeness (QED) is 0.830. The molecule has 1 aliphatic heterocycles. The predicted octanol–water partition coefficient (Wildman–Crippen LogP) is 1.73. The Morgan fingerprint density at radius 1 is 1.26 bits per heavy atom. The number of rotatable bonds is 4. The van der Waals surface area contributed by atoms with Crippen LogP contribution in [-0.2, 0) is 13.5 Å². The summed E-state index contributed by atoms with van der Waals surface area (Å²) in [6.45, 7) is 2.52. The molecule has 2 aromatic rings. The highest BCUT2D eigenvalue weighted by molar-refractivity contribution is 6.42. The van der Waals surface area contributed by atoms with Crippen LogP contribution in [0.25, 0.3) is 0 Å². The Kier molecular flexibility index (Phi) is 6.04. The molecular formula is C18H20Cl2N4O3. The van der Waals surface area contributed by atoms with Crippen LogP contribution >= 0.6 is 23.2 Å². The molecule has 9 heteroatoms. The Morgan fingerprint density at radius 2 is 1.96 bits per heavy atom. The fourth-order valence-electron chi connectivity index (χ4n) is 2.96. The predicted molar refractivity (Wildman–Crippen MR) is 104 cm³/mol. The second kappa shape index (κ2) is 8.29. The van der Waals surface area contributed by atoms with Gasteiger partial charge in [0, 0.05) is 39.6 Å². The highest BCUT2D eigenvalue weighted by Crippen LogP contribution is 2.24. The Labute approximate surface area is 166 Å². The molecule has 1 N–H and O–H groups in total. The first kappa shape index (κ1) is 19.7. The Morgan fingerprint density at radius 3 is 2.59 bits per heavy atom. The molecule has 1 aromatic heterocycles. The van der Waals surface area contributed by atoms with Gasteiger partial charge in [0.05, 0.1) is 17.2 Å². The highest BCUT2D eigenvalue weighted by Gasteiger charge is 2.26. The molecule has 144 valence electrons. The van der Waals surface area contributed by atoms with E-state index >= 15 is 0 Å². The van der Waals surface area contributed by atoms with Gasteiger partial charge in [-0.3, -0.25) is 14.2 Å². The second-order valence-corrected chi connectivity index (χ2v) is 7.06. The van der Waals surface area contributed by atoms with Crippen molar-refractivity contribution in [3.63, 3.8) is 0 Å². The molecule has 1 fully saturated rings. The van der Waals surface area contributed by atoms with Gasteiger partial charge in [0.15, 0.2) is 5.69 Å². The molecular weight excluding hydrogens is 391 g/mol. The van der Waals surface area contributed by atoms with Gasteiger partial charge in [0.1, 0.15) is 5.82 Å². The molecule has 0 saturated carbocycles. The van der Waals surface area contributed by atoms with Gasteiger partial charge in [-0.1, -0.05) is 29.3 Å². The third-order valence-electron chi connectivity index (χ3n) is 4.50. The van der Waals surface area contributed by atoms with Crippen LogP contribution in [0.1, 0.15) is 21.9 Å². The van der Waals surface area contributed by atoms with Gasteiger partial charge in [0.2, 0.25) is 5.75 Å². The fourth-order valence-corrected chi connectivity index (χ4v) is 3.28. The van der Waals surface area contributed by atoms with Crippen molar-refractivity contribution in [1.29, 1.82) is 0 Å². The van der Waals surface area contributed by atoms with Crippen LogP contribution < -0.4 is 15.6 Å². The number of carbonyl (C=O) groups excluding carboxylic acids is 1. The monoisotopic (exact) mass is 410 g/mol. The van der Waals surface area contributed by atoms with Crippen molar-refractivity contribution in [2.45, 2.75) is 6.42 Å². The lowest BCUT2D eigenvalue weighted by molar-refractivity contribution is 0.0725. The molecule has 0 bridgehead atoms. The third-order valence-corrected chi connectivity index (χ3v) is 5.24. The molecule has 0 aliphatic carbocycles. The number of carbonyl (C=O) groups is 1. The molecule has 27 heavy (non-hydrogen) atoms. The first-order valence-electron chi connectivity index (χ1n) is 8.50. The van der Waals surface area contributed by atoms with Gasteiger partial charge in [-0.15, -0.1) is 0 Å². The van der Waals surface area contributed by atoms with Crippen LogP contribution in [0.3, 0.4) is 0 Å². The number of methoxy groups -OCH3 is 1. The largest absolute Gasteiger partial charge is 0.489 e. The van der Waals surface area contributed by atoms with E-state index in [9.17, 15) is 9.59 Å². The lowest BCUT2D eigenvalue weighted by Gasteiger charge is -2.27. The van der Waals surface area contributed by atoms with Crippen LogP contribution in [0.5, 0.6) is 5.75 Å². The van der Waals surface area contributed by atoms with E-state index in [2.05, 4.69) is 10.3 Å². The minimum Gasteiger partial charge on any atom is -0.489 e. The number of halogens is 2. The summed E-state index contributed by atoms with van der Waals surface area (Å²) in [5.41, 5.74) is 0.469. The number of hydrogen-bond acceptors (Lipinski definition) is 5. The standard InChI is InChI=1S/C18H20Cl2N4O3/c1-23-14(10-11-3-4-12(19)13(20)9-11)22-15(16(27-2)18(23)26)17(25)24-7-5-21-6-8-24/h3-4,9,21H,5-8,10H2,1-2H3. The van der Waals surface area contributed by atoms with Crippen molar-refractivity contribution >= 4 is 29.1 Å². The van der Waals surface area contributed by atoms with Crippen molar-refractivity contribution in [2.24, 2.45) is 7.05 Å². The zero-order valence-corrected chi connectivity index (χ0v) is 16.6. The average molecular weight is 411 g/mol. The topological polar surface area (TPSA) is 76.5 Å². The van der Waals surface area contributed by atoms with E-state index in [-0.39, 0.29) is 17.4 Å². The summed E-state index contributed by atoms with van der Waals surface area (Å²) < 4.78 is 6.60. The minimum absolute atomic E-state index is 0.0394. The summed E-state index contributed by atoms with van der Waals surface area (Å²) in [7, 11) is 2.97. The number of nitrogens with one attached hydrogen (secondary N) is 1. The summed E-state index contributed by atoms with van der Waals surface area (Å²) in [4.78, 5) is 31.8. The first-order valence-corrected chi connectivity index (χ1v) is 9.25. The average Bonchev–Trinajstić information content (AvgIpc) is 2.68. The van der Waals surface area contributed by atoms with Gasteiger partial charge >= 0.3 is 0 Å². The molecule has 2 heterocycles. The smallest absolute Gasteiger partial charge is 0.296 e. The van der Waals surface area contributed by atoms with E-state index in [0.29, 0.717) is 48.5 Å². The van der Waals surface area contributed by atoms with Gasteiger partial charge in [-0.25, -0.2) is 4.98 Å². The molecule has 1 aliphatic rings. The number of benzene rings is 1. The van der Waals surface area contributed by atoms with E-state index in [1.165, 1.54) is 11.7 Å². The molecule has 0 unspecified atom stereocenters. The molecule has 7 nitrogen and oxygen atoms in total. The molecule has 3 rings (SSSR count). The maximum Gasteiger partial charge on any atom is 0.296 e. The zero-order valence-electron chi connectivity index (χ0n) is 15.1. The lowest BCUT2D eigenvalue weighted by Crippen LogP contribution is -2.47. The van der Waals surface area contributed by atoms with E-state index < -0.39 is 5.56 Å². The van der Waals surface area contributed by atoms with Crippen LogP contribution in [0, 0.1) is 0 Å². The maximum absolute atomic E-state index is 12.9. The van der Waals surface area contributed by atoms with Crippen molar-refractivity contribution in [3.8, 4) is 5.75 Å². The van der Waals surface area contributed by atoms with Crippen molar-refractivity contribution < 1.29 is 9.53 Å².